The highest BCUT2D eigenvalue weighted by Gasteiger charge is 2.11. The van der Waals surface area contributed by atoms with Crippen molar-refractivity contribution in [3.05, 3.63) is 53.9 Å². The average Bonchev–Trinajstić information content (AvgIpc) is 2.96. The Hall–Kier alpha value is -1.65. The van der Waals surface area contributed by atoms with Gasteiger partial charge in [-0.05, 0) is 37.5 Å². The predicted molar refractivity (Wildman–Crippen MR) is 80.4 cm³/mol. The van der Waals surface area contributed by atoms with E-state index in [1.165, 1.54) is 0 Å². The molecule has 4 heteroatoms. The van der Waals surface area contributed by atoms with E-state index in [0.29, 0.717) is 12.6 Å². The average molecular weight is 273 g/mol. The van der Waals surface area contributed by atoms with Gasteiger partial charge < -0.3 is 10.4 Å². The number of aliphatic hydroxyl groups excluding tert-OH is 1. The van der Waals surface area contributed by atoms with Crippen LogP contribution in [0.1, 0.15) is 30.6 Å². The molecule has 0 aliphatic carbocycles. The van der Waals surface area contributed by atoms with Crippen molar-refractivity contribution in [2.45, 2.75) is 39.0 Å². The molecule has 108 valence electrons. The van der Waals surface area contributed by atoms with Crippen molar-refractivity contribution in [3.8, 4) is 0 Å². The number of aryl methyl sites for hydroxylation is 2. The summed E-state index contributed by atoms with van der Waals surface area (Å²) in [6.07, 6.45) is 4.29. The van der Waals surface area contributed by atoms with Crippen molar-refractivity contribution in [2.75, 3.05) is 6.54 Å². The lowest BCUT2D eigenvalue weighted by molar-refractivity contribution is 0.169. The largest absolute Gasteiger partial charge is 0.387 e. The Labute approximate surface area is 120 Å². The first-order valence-corrected chi connectivity index (χ1v) is 7.11. The Morgan fingerprint density at radius 3 is 2.80 bits per heavy atom. The Balaban J connectivity index is 1.75. The molecule has 2 aromatic rings. The van der Waals surface area contributed by atoms with Gasteiger partial charge in [0.15, 0.2) is 0 Å². The molecule has 2 rings (SSSR count). The second-order valence-corrected chi connectivity index (χ2v) is 5.24. The number of benzene rings is 1. The second kappa shape index (κ2) is 7.22. The fraction of sp³-hybridized carbons (Fsp3) is 0.438. The molecule has 20 heavy (non-hydrogen) atoms. The van der Waals surface area contributed by atoms with E-state index in [0.717, 1.165) is 24.1 Å². The van der Waals surface area contributed by atoms with Crippen LogP contribution in [0.15, 0.2) is 42.7 Å². The third-order valence-electron chi connectivity index (χ3n) is 3.56. The molecule has 1 aromatic heterocycles. The fourth-order valence-electron chi connectivity index (χ4n) is 2.24. The van der Waals surface area contributed by atoms with E-state index in [-0.39, 0.29) is 0 Å². The topological polar surface area (TPSA) is 50.1 Å². The van der Waals surface area contributed by atoms with Crippen LogP contribution in [0.5, 0.6) is 0 Å². The van der Waals surface area contributed by atoms with Crippen molar-refractivity contribution in [2.24, 2.45) is 0 Å². The highest BCUT2D eigenvalue weighted by Crippen LogP contribution is 2.16. The van der Waals surface area contributed by atoms with Crippen molar-refractivity contribution in [1.29, 1.82) is 0 Å². The Morgan fingerprint density at radius 2 is 2.10 bits per heavy atom. The maximum atomic E-state index is 10.2. The van der Waals surface area contributed by atoms with Gasteiger partial charge in [-0.1, -0.05) is 24.3 Å². The summed E-state index contributed by atoms with van der Waals surface area (Å²) in [6, 6.07) is 10.2. The third kappa shape index (κ3) is 4.18. The summed E-state index contributed by atoms with van der Waals surface area (Å²) in [5.41, 5.74) is 2.13. The van der Waals surface area contributed by atoms with Crippen LogP contribution < -0.4 is 5.32 Å². The number of aliphatic hydroxyl groups is 1. The first-order chi connectivity index (χ1) is 9.66. The summed E-state index contributed by atoms with van der Waals surface area (Å²) in [5.74, 6) is 0. The molecule has 0 spiro atoms. The van der Waals surface area contributed by atoms with Crippen LogP contribution in [-0.2, 0) is 6.54 Å². The molecule has 0 bridgehead atoms. The van der Waals surface area contributed by atoms with Crippen LogP contribution in [0.3, 0.4) is 0 Å². The van der Waals surface area contributed by atoms with Gasteiger partial charge in [-0.3, -0.25) is 4.68 Å². The smallest absolute Gasteiger partial charge is 0.0917 e. The number of nitrogens with one attached hydrogen (secondary N) is 1. The molecule has 1 heterocycles. The third-order valence-corrected chi connectivity index (χ3v) is 3.56. The lowest BCUT2D eigenvalue weighted by atomic mass is 10.0. The molecule has 0 saturated heterocycles. The number of hydrogen-bond acceptors (Lipinski definition) is 3. The number of nitrogens with zero attached hydrogens (tertiary/aromatic N) is 2. The molecule has 0 aliphatic heterocycles. The van der Waals surface area contributed by atoms with E-state index in [1.54, 1.807) is 6.20 Å². The van der Waals surface area contributed by atoms with Crippen LogP contribution in [0.4, 0.5) is 0 Å². The predicted octanol–water partition coefficient (Wildman–Crippen LogP) is 2.29. The van der Waals surface area contributed by atoms with Gasteiger partial charge in [0.05, 0.1) is 6.10 Å². The van der Waals surface area contributed by atoms with Crippen LogP contribution in [0.25, 0.3) is 0 Å². The van der Waals surface area contributed by atoms with Gasteiger partial charge in [-0.15, -0.1) is 0 Å². The Bertz CT molecular complexity index is 510. The first-order valence-electron chi connectivity index (χ1n) is 7.11. The summed E-state index contributed by atoms with van der Waals surface area (Å²) >= 11 is 0. The minimum atomic E-state index is -0.455. The van der Waals surface area contributed by atoms with Crippen LogP contribution in [0.2, 0.25) is 0 Å². The van der Waals surface area contributed by atoms with Gasteiger partial charge in [-0.25, -0.2) is 0 Å². The maximum Gasteiger partial charge on any atom is 0.0917 e. The second-order valence-electron chi connectivity index (χ2n) is 5.24. The van der Waals surface area contributed by atoms with E-state index >= 15 is 0 Å². The van der Waals surface area contributed by atoms with Gasteiger partial charge in [0.2, 0.25) is 0 Å². The van der Waals surface area contributed by atoms with Gasteiger partial charge >= 0.3 is 0 Å². The van der Waals surface area contributed by atoms with Gasteiger partial charge in [0.25, 0.3) is 0 Å². The molecule has 2 N–H and O–H groups in total. The highest BCUT2D eigenvalue weighted by molar-refractivity contribution is 5.27. The van der Waals surface area contributed by atoms with E-state index in [2.05, 4.69) is 17.3 Å². The van der Waals surface area contributed by atoms with Gasteiger partial charge in [0, 0.05) is 31.5 Å². The highest BCUT2D eigenvalue weighted by atomic mass is 16.3. The quantitative estimate of drug-likeness (QED) is 0.814. The fourth-order valence-corrected chi connectivity index (χ4v) is 2.24. The van der Waals surface area contributed by atoms with E-state index in [9.17, 15) is 5.11 Å². The first kappa shape index (κ1) is 14.8. The lowest BCUT2D eigenvalue weighted by Crippen LogP contribution is -2.31. The molecule has 2 unspecified atom stereocenters. The molecule has 0 radical (unpaired) electrons. The zero-order valence-corrected chi connectivity index (χ0v) is 12.2. The number of hydrogen-bond donors (Lipinski definition) is 2. The van der Waals surface area contributed by atoms with Crippen molar-refractivity contribution in [3.63, 3.8) is 0 Å². The monoisotopic (exact) mass is 273 g/mol. The summed E-state index contributed by atoms with van der Waals surface area (Å²) in [6.45, 7) is 5.63. The molecule has 0 amide bonds. The molecule has 1 aromatic carbocycles. The van der Waals surface area contributed by atoms with E-state index < -0.39 is 6.10 Å². The molecule has 4 nitrogen and oxygen atoms in total. The van der Waals surface area contributed by atoms with Gasteiger partial charge in [0.1, 0.15) is 0 Å². The molecular weight excluding hydrogens is 250 g/mol. The normalized spacial score (nSPS) is 14.2. The summed E-state index contributed by atoms with van der Waals surface area (Å²) < 4.78 is 1.93. The lowest BCUT2D eigenvalue weighted by Gasteiger charge is -2.18. The van der Waals surface area contributed by atoms with E-state index in [4.69, 9.17) is 0 Å². The molecule has 2 atom stereocenters. The SMILES string of the molecule is Cc1ccccc1C(O)CNC(C)CCn1cccn1. The minimum absolute atomic E-state index is 0.345. The molecule has 0 fully saturated rings. The minimum Gasteiger partial charge on any atom is -0.387 e. The van der Waals surface area contributed by atoms with E-state index in [1.807, 2.05) is 48.1 Å². The molecular formula is C16H23N3O. The van der Waals surface area contributed by atoms with Crippen LogP contribution in [-0.4, -0.2) is 27.5 Å². The van der Waals surface area contributed by atoms with Crippen molar-refractivity contribution in [1.82, 2.24) is 15.1 Å². The zero-order chi connectivity index (χ0) is 14.4. The molecule has 0 aliphatic rings. The number of aromatic nitrogens is 2. The zero-order valence-electron chi connectivity index (χ0n) is 12.2. The Kier molecular flexibility index (Phi) is 5.32. The standard InChI is InChI=1S/C16H23N3O/c1-13-6-3-4-7-15(13)16(20)12-17-14(2)8-11-19-10-5-9-18-19/h3-7,9-10,14,16-17,20H,8,11-12H2,1-2H3. The van der Waals surface area contributed by atoms with Crippen molar-refractivity contribution >= 4 is 0 Å². The van der Waals surface area contributed by atoms with Crippen LogP contribution >= 0.6 is 0 Å². The summed E-state index contributed by atoms with van der Waals surface area (Å²) in [4.78, 5) is 0. The molecule has 0 saturated carbocycles. The Morgan fingerprint density at radius 1 is 1.30 bits per heavy atom. The van der Waals surface area contributed by atoms with Crippen LogP contribution in [0, 0.1) is 6.92 Å². The maximum absolute atomic E-state index is 10.2. The summed E-state index contributed by atoms with van der Waals surface area (Å²) in [5, 5.41) is 17.8. The number of rotatable bonds is 7. The van der Waals surface area contributed by atoms with Gasteiger partial charge in [-0.2, -0.15) is 5.10 Å². The summed E-state index contributed by atoms with van der Waals surface area (Å²) in [7, 11) is 0. The van der Waals surface area contributed by atoms with Crippen molar-refractivity contribution < 1.29 is 5.11 Å².